The quantitative estimate of drug-likeness (QED) is 0.313. The summed E-state index contributed by atoms with van der Waals surface area (Å²) in [5, 5.41) is 0. The van der Waals surface area contributed by atoms with Gasteiger partial charge in [0.25, 0.3) is 5.82 Å². The number of aromatic nitrogens is 2. The van der Waals surface area contributed by atoms with Gasteiger partial charge in [0.2, 0.25) is 0 Å². The fraction of sp³-hybridized carbons (Fsp3) is 0.531. The molecule has 0 N–H and O–H groups in total. The van der Waals surface area contributed by atoms with Gasteiger partial charge in [-0.2, -0.15) is 4.57 Å². The number of fused-ring (bicyclic) bond motifs is 3. The molecule has 1 aliphatic heterocycles. The number of imidazole rings is 1. The summed E-state index contributed by atoms with van der Waals surface area (Å²) in [5.41, 5.74) is 8.79. The minimum Gasteiger partial charge on any atom is -0.224 e. The van der Waals surface area contributed by atoms with Crippen LogP contribution in [0.25, 0.3) is 17.1 Å². The first-order valence-corrected chi connectivity index (χ1v) is 13.6. The summed E-state index contributed by atoms with van der Waals surface area (Å²) in [7, 11) is 0. The summed E-state index contributed by atoms with van der Waals surface area (Å²) >= 11 is 0. The van der Waals surface area contributed by atoms with Crippen LogP contribution in [-0.4, -0.2) is 4.57 Å². The van der Waals surface area contributed by atoms with Crippen LogP contribution in [0.2, 0.25) is 0 Å². The SMILES string of the molecule is CCC1c2ccccc2-c2n(-c3c(C(C)C)cc(C(C)C)cc3C(C)C)cc[n+]2C1(CC)CC. The van der Waals surface area contributed by atoms with Crippen molar-refractivity contribution in [3.05, 3.63) is 71.0 Å². The average molecular weight is 458 g/mol. The van der Waals surface area contributed by atoms with Crippen molar-refractivity contribution in [2.24, 2.45) is 0 Å². The van der Waals surface area contributed by atoms with E-state index in [1.165, 1.54) is 39.3 Å². The molecular formula is C32H45N2+. The number of nitrogens with zero attached hydrogens (tertiary/aromatic N) is 2. The molecule has 1 unspecified atom stereocenters. The van der Waals surface area contributed by atoms with E-state index in [0.717, 1.165) is 19.3 Å². The lowest BCUT2D eigenvalue weighted by atomic mass is 9.70. The Labute approximate surface area is 208 Å². The average Bonchev–Trinajstić information content (AvgIpc) is 3.27. The van der Waals surface area contributed by atoms with E-state index in [1.807, 2.05) is 0 Å². The maximum absolute atomic E-state index is 2.65. The highest BCUT2D eigenvalue weighted by Crippen LogP contribution is 2.48. The molecule has 2 aromatic carbocycles. The normalized spacial score (nSPS) is 16.9. The van der Waals surface area contributed by atoms with Crippen LogP contribution in [0, 0.1) is 0 Å². The third-order valence-corrected chi connectivity index (χ3v) is 8.50. The first-order valence-electron chi connectivity index (χ1n) is 13.6. The fourth-order valence-electron chi connectivity index (χ4n) is 6.53. The monoisotopic (exact) mass is 457 g/mol. The van der Waals surface area contributed by atoms with Crippen LogP contribution >= 0.6 is 0 Å². The van der Waals surface area contributed by atoms with E-state index >= 15 is 0 Å². The van der Waals surface area contributed by atoms with Crippen LogP contribution in [-0.2, 0) is 5.54 Å². The summed E-state index contributed by atoms with van der Waals surface area (Å²) < 4.78 is 5.19. The van der Waals surface area contributed by atoms with Crippen molar-refractivity contribution in [1.29, 1.82) is 0 Å². The molecule has 1 aromatic heterocycles. The fourth-order valence-corrected chi connectivity index (χ4v) is 6.53. The summed E-state index contributed by atoms with van der Waals surface area (Å²) in [6, 6.07) is 14.1. The summed E-state index contributed by atoms with van der Waals surface area (Å²) in [6.45, 7) is 21.1. The van der Waals surface area contributed by atoms with E-state index in [1.54, 1.807) is 0 Å². The van der Waals surface area contributed by atoms with Crippen molar-refractivity contribution in [3.8, 4) is 17.1 Å². The predicted octanol–water partition coefficient (Wildman–Crippen LogP) is 8.82. The van der Waals surface area contributed by atoms with Crippen LogP contribution in [0.15, 0.2) is 48.8 Å². The molecule has 1 atom stereocenters. The van der Waals surface area contributed by atoms with Gasteiger partial charge in [-0.3, -0.25) is 0 Å². The van der Waals surface area contributed by atoms with Crippen molar-refractivity contribution in [2.75, 3.05) is 0 Å². The molecule has 2 heteroatoms. The highest BCUT2D eigenvalue weighted by atomic mass is 15.2. The van der Waals surface area contributed by atoms with Gasteiger partial charge in [0.15, 0.2) is 0 Å². The second kappa shape index (κ2) is 9.36. The van der Waals surface area contributed by atoms with Gasteiger partial charge >= 0.3 is 0 Å². The highest BCUT2D eigenvalue weighted by molar-refractivity contribution is 5.66. The van der Waals surface area contributed by atoms with E-state index in [2.05, 4.69) is 120 Å². The number of hydrogen-bond donors (Lipinski definition) is 0. The van der Waals surface area contributed by atoms with Crippen molar-refractivity contribution in [1.82, 2.24) is 4.57 Å². The zero-order valence-corrected chi connectivity index (χ0v) is 22.9. The van der Waals surface area contributed by atoms with E-state index < -0.39 is 0 Å². The lowest BCUT2D eigenvalue weighted by Crippen LogP contribution is -2.61. The van der Waals surface area contributed by atoms with Crippen molar-refractivity contribution in [2.45, 2.75) is 111 Å². The second-order valence-electron chi connectivity index (χ2n) is 11.2. The van der Waals surface area contributed by atoms with Gasteiger partial charge < -0.3 is 0 Å². The number of benzene rings is 2. The van der Waals surface area contributed by atoms with Crippen LogP contribution in [0.3, 0.4) is 0 Å². The Morgan fingerprint density at radius 3 is 1.94 bits per heavy atom. The van der Waals surface area contributed by atoms with Gasteiger partial charge in [-0.1, -0.05) is 92.6 Å². The van der Waals surface area contributed by atoms with Crippen LogP contribution in [0.5, 0.6) is 0 Å². The third kappa shape index (κ3) is 3.65. The molecule has 4 rings (SSSR count). The molecule has 0 saturated heterocycles. The molecule has 0 fully saturated rings. The van der Waals surface area contributed by atoms with Gasteiger partial charge in [-0.25, -0.2) is 4.57 Å². The molecular weight excluding hydrogens is 412 g/mol. The smallest absolute Gasteiger partial charge is 0.224 e. The van der Waals surface area contributed by atoms with Gasteiger partial charge in [0.1, 0.15) is 23.6 Å². The standard InChI is InChI=1S/C32H45N2/c1-10-29-25-15-13-14-16-26(25)31-33(17-18-34(31)32(29,11-2)12-3)30-27(22(6)7)19-24(21(4)5)20-28(30)23(8)9/h13-23,29H,10-12H2,1-9H3/q+1. The lowest BCUT2D eigenvalue weighted by Gasteiger charge is -2.41. The topological polar surface area (TPSA) is 8.81 Å². The first-order chi connectivity index (χ1) is 16.2. The Hall–Kier alpha value is -2.35. The molecule has 0 aliphatic carbocycles. The molecule has 2 nitrogen and oxygen atoms in total. The highest BCUT2D eigenvalue weighted by Gasteiger charge is 2.49. The van der Waals surface area contributed by atoms with Crippen LogP contribution in [0.4, 0.5) is 0 Å². The maximum Gasteiger partial charge on any atom is 0.294 e. The maximum atomic E-state index is 2.65. The Morgan fingerprint density at radius 1 is 0.853 bits per heavy atom. The van der Waals surface area contributed by atoms with E-state index in [-0.39, 0.29) is 5.54 Å². The Balaban J connectivity index is 2.12. The molecule has 3 aromatic rings. The summed E-state index contributed by atoms with van der Waals surface area (Å²) in [4.78, 5) is 0. The van der Waals surface area contributed by atoms with Crippen molar-refractivity contribution in [3.63, 3.8) is 0 Å². The first kappa shape index (κ1) is 24.8. The molecule has 0 amide bonds. The van der Waals surface area contributed by atoms with E-state index in [9.17, 15) is 0 Å². The molecule has 182 valence electrons. The molecule has 0 bridgehead atoms. The molecule has 0 spiro atoms. The third-order valence-electron chi connectivity index (χ3n) is 8.50. The second-order valence-corrected chi connectivity index (χ2v) is 11.2. The van der Waals surface area contributed by atoms with E-state index in [0.29, 0.717) is 23.7 Å². The van der Waals surface area contributed by atoms with E-state index in [4.69, 9.17) is 0 Å². The van der Waals surface area contributed by atoms with Crippen molar-refractivity contribution >= 4 is 0 Å². The molecule has 2 heterocycles. The predicted molar refractivity (Wildman–Crippen MR) is 145 cm³/mol. The number of hydrogen-bond acceptors (Lipinski definition) is 0. The van der Waals surface area contributed by atoms with Crippen molar-refractivity contribution < 1.29 is 4.57 Å². The minimum atomic E-state index is 0.109. The lowest BCUT2D eigenvalue weighted by molar-refractivity contribution is -0.762. The van der Waals surface area contributed by atoms with Gasteiger partial charge in [-0.05, 0) is 54.2 Å². The van der Waals surface area contributed by atoms with Crippen LogP contribution < -0.4 is 4.57 Å². The molecule has 34 heavy (non-hydrogen) atoms. The summed E-state index contributed by atoms with van der Waals surface area (Å²) in [5.74, 6) is 3.32. The molecule has 0 saturated carbocycles. The number of rotatable bonds is 7. The zero-order valence-electron chi connectivity index (χ0n) is 22.9. The van der Waals surface area contributed by atoms with Gasteiger partial charge in [0.05, 0.1) is 5.56 Å². The Kier molecular flexibility index (Phi) is 6.82. The molecule has 0 radical (unpaired) electrons. The summed E-state index contributed by atoms with van der Waals surface area (Å²) in [6.07, 6.45) is 8.17. The minimum absolute atomic E-state index is 0.109. The van der Waals surface area contributed by atoms with Gasteiger partial charge in [-0.15, -0.1) is 0 Å². The molecule has 1 aliphatic rings. The van der Waals surface area contributed by atoms with Crippen LogP contribution in [0.1, 0.15) is 128 Å². The zero-order chi connectivity index (χ0) is 24.8. The Morgan fingerprint density at radius 2 is 1.44 bits per heavy atom. The van der Waals surface area contributed by atoms with Gasteiger partial charge in [0, 0.05) is 17.0 Å². The Bertz CT molecular complexity index is 1130. The largest absolute Gasteiger partial charge is 0.294 e.